The lowest BCUT2D eigenvalue weighted by molar-refractivity contribution is 0.1000. The van der Waals surface area contributed by atoms with E-state index in [0.717, 1.165) is 12.6 Å². The average Bonchev–Trinajstić information content (AvgIpc) is 2.31. The maximum Gasteiger partial charge on any atom is 0.0235 e. The highest BCUT2D eigenvalue weighted by atomic mass is 15.3. The second-order valence-corrected chi connectivity index (χ2v) is 5.53. The summed E-state index contributed by atoms with van der Waals surface area (Å²) in [6, 6.07) is 1.44. The van der Waals surface area contributed by atoms with Crippen molar-refractivity contribution in [1.29, 1.82) is 0 Å². The zero-order valence-corrected chi connectivity index (χ0v) is 12.2. The molecule has 1 aliphatic heterocycles. The smallest absolute Gasteiger partial charge is 0.0235 e. The first-order valence-electron chi connectivity index (χ1n) is 7.29. The van der Waals surface area contributed by atoms with Gasteiger partial charge in [-0.15, -0.1) is 0 Å². The fourth-order valence-corrected chi connectivity index (χ4v) is 2.73. The van der Waals surface area contributed by atoms with E-state index in [1.165, 1.54) is 45.3 Å². The fourth-order valence-electron chi connectivity index (χ4n) is 2.73. The molecule has 0 aromatic rings. The van der Waals surface area contributed by atoms with Crippen LogP contribution >= 0.6 is 0 Å². The summed E-state index contributed by atoms with van der Waals surface area (Å²) in [5.41, 5.74) is 0. The summed E-state index contributed by atoms with van der Waals surface area (Å²) < 4.78 is 0. The van der Waals surface area contributed by atoms with Crippen molar-refractivity contribution >= 4 is 0 Å². The van der Waals surface area contributed by atoms with Crippen LogP contribution in [0.3, 0.4) is 0 Å². The first-order valence-corrected chi connectivity index (χ1v) is 7.29. The first-order chi connectivity index (χ1) is 8.17. The van der Waals surface area contributed by atoms with Gasteiger partial charge in [-0.25, -0.2) is 0 Å². The Labute approximate surface area is 108 Å². The van der Waals surface area contributed by atoms with Crippen molar-refractivity contribution in [3.63, 3.8) is 0 Å². The van der Waals surface area contributed by atoms with Gasteiger partial charge in [0.05, 0.1) is 0 Å². The van der Waals surface area contributed by atoms with Crippen molar-refractivity contribution < 1.29 is 0 Å². The molecule has 0 bridgehead atoms. The van der Waals surface area contributed by atoms with E-state index in [-0.39, 0.29) is 0 Å². The number of piperazine rings is 1. The van der Waals surface area contributed by atoms with E-state index in [0.29, 0.717) is 6.04 Å². The normalized spacial score (nSPS) is 25.1. The Bertz CT molecular complexity index is 196. The summed E-state index contributed by atoms with van der Waals surface area (Å²) in [6.07, 6.45) is 5.29. The minimum atomic E-state index is 0.707. The molecule has 0 spiro atoms. The molecule has 1 heterocycles. The Morgan fingerprint density at radius 3 is 2.65 bits per heavy atom. The largest absolute Gasteiger partial charge is 0.314 e. The first kappa shape index (κ1) is 14.9. The number of likely N-dealkylation sites (N-methyl/N-ethyl adjacent to an activating group) is 2. The molecular formula is C14H31N3. The molecule has 0 aliphatic carbocycles. The standard InChI is InChI=1S/C14H31N3/c1-5-7-8-13(15-6-2)11-14-12-16(3)9-10-17(14)4/h13-15H,5-12H2,1-4H3. The number of hydrogen-bond donors (Lipinski definition) is 1. The van der Waals surface area contributed by atoms with Gasteiger partial charge >= 0.3 is 0 Å². The van der Waals surface area contributed by atoms with Crippen LogP contribution in [0, 0.1) is 0 Å². The molecule has 1 fully saturated rings. The molecular weight excluding hydrogens is 210 g/mol. The Morgan fingerprint density at radius 2 is 2.00 bits per heavy atom. The van der Waals surface area contributed by atoms with Gasteiger partial charge in [0.2, 0.25) is 0 Å². The van der Waals surface area contributed by atoms with Crippen molar-refractivity contribution in [3.8, 4) is 0 Å². The van der Waals surface area contributed by atoms with Gasteiger partial charge in [0.1, 0.15) is 0 Å². The predicted octanol–water partition coefficient (Wildman–Crippen LogP) is 1.79. The van der Waals surface area contributed by atoms with E-state index in [9.17, 15) is 0 Å². The minimum Gasteiger partial charge on any atom is -0.314 e. The van der Waals surface area contributed by atoms with Gasteiger partial charge < -0.3 is 15.1 Å². The SMILES string of the molecule is CCCCC(CC1CN(C)CCN1C)NCC. The molecule has 1 rings (SSSR count). The maximum atomic E-state index is 3.65. The number of nitrogens with one attached hydrogen (secondary N) is 1. The van der Waals surface area contributed by atoms with Gasteiger partial charge in [0.15, 0.2) is 0 Å². The third-order valence-electron chi connectivity index (χ3n) is 3.94. The Balaban J connectivity index is 2.40. The van der Waals surface area contributed by atoms with Crippen LogP contribution in [0.25, 0.3) is 0 Å². The van der Waals surface area contributed by atoms with Crippen LogP contribution in [0.15, 0.2) is 0 Å². The maximum absolute atomic E-state index is 3.65. The van der Waals surface area contributed by atoms with Gasteiger partial charge in [0, 0.05) is 31.7 Å². The molecule has 3 heteroatoms. The van der Waals surface area contributed by atoms with Crippen LogP contribution in [0.1, 0.15) is 39.5 Å². The lowest BCUT2D eigenvalue weighted by atomic mass is 9.99. The van der Waals surface area contributed by atoms with Crippen LogP contribution in [0.5, 0.6) is 0 Å². The number of rotatable bonds is 7. The summed E-state index contributed by atoms with van der Waals surface area (Å²) in [7, 11) is 4.52. The lowest BCUT2D eigenvalue weighted by Crippen LogP contribution is -2.52. The second-order valence-electron chi connectivity index (χ2n) is 5.53. The predicted molar refractivity (Wildman–Crippen MR) is 75.5 cm³/mol. The third-order valence-corrected chi connectivity index (χ3v) is 3.94. The van der Waals surface area contributed by atoms with Gasteiger partial charge in [-0.3, -0.25) is 0 Å². The van der Waals surface area contributed by atoms with Crippen molar-refractivity contribution in [1.82, 2.24) is 15.1 Å². The van der Waals surface area contributed by atoms with Gasteiger partial charge in [-0.1, -0.05) is 26.7 Å². The Hall–Kier alpha value is -0.120. The third kappa shape index (κ3) is 5.36. The summed E-state index contributed by atoms with van der Waals surface area (Å²) in [5, 5.41) is 3.65. The van der Waals surface area contributed by atoms with Crippen LogP contribution < -0.4 is 5.32 Å². The molecule has 0 radical (unpaired) electrons. The fraction of sp³-hybridized carbons (Fsp3) is 1.00. The van der Waals surface area contributed by atoms with Gasteiger partial charge in [-0.2, -0.15) is 0 Å². The summed E-state index contributed by atoms with van der Waals surface area (Å²) in [6.45, 7) is 9.26. The van der Waals surface area contributed by atoms with E-state index in [2.05, 4.69) is 43.1 Å². The van der Waals surface area contributed by atoms with E-state index in [4.69, 9.17) is 0 Å². The van der Waals surface area contributed by atoms with Gasteiger partial charge in [0.25, 0.3) is 0 Å². The number of nitrogens with zero attached hydrogens (tertiary/aromatic N) is 2. The van der Waals surface area contributed by atoms with Crippen LogP contribution in [-0.4, -0.2) is 62.2 Å². The van der Waals surface area contributed by atoms with Crippen LogP contribution in [-0.2, 0) is 0 Å². The zero-order valence-electron chi connectivity index (χ0n) is 12.2. The van der Waals surface area contributed by atoms with Crippen molar-refractivity contribution in [2.45, 2.75) is 51.6 Å². The van der Waals surface area contributed by atoms with Crippen LogP contribution in [0.2, 0.25) is 0 Å². The molecule has 1 saturated heterocycles. The van der Waals surface area contributed by atoms with Crippen molar-refractivity contribution in [2.24, 2.45) is 0 Å². The molecule has 2 unspecified atom stereocenters. The van der Waals surface area contributed by atoms with Gasteiger partial charge in [-0.05, 0) is 33.5 Å². The Kier molecular flexibility index (Phi) is 7.09. The molecule has 102 valence electrons. The topological polar surface area (TPSA) is 18.5 Å². The molecule has 0 saturated carbocycles. The van der Waals surface area contributed by atoms with Crippen molar-refractivity contribution in [2.75, 3.05) is 40.3 Å². The minimum absolute atomic E-state index is 0.707. The highest BCUT2D eigenvalue weighted by Gasteiger charge is 2.24. The second kappa shape index (κ2) is 8.06. The highest BCUT2D eigenvalue weighted by Crippen LogP contribution is 2.15. The monoisotopic (exact) mass is 241 g/mol. The molecule has 0 aromatic carbocycles. The number of unbranched alkanes of at least 4 members (excludes halogenated alkanes) is 1. The highest BCUT2D eigenvalue weighted by molar-refractivity contribution is 4.83. The zero-order chi connectivity index (χ0) is 12.7. The van der Waals surface area contributed by atoms with Crippen molar-refractivity contribution in [3.05, 3.63) is 0 Å². The molecule has 0 amide bonds. The molecule has 3 nitrogen and oxygen atoms in total. The molecule has 0 aromatic heterocycles. The average molecular weight is 241 g/mol. The molecule has 2 atom stereocenters. The van der Waals surface area contributed by atoms with Crippen LogP contribution in [0.4, 0.5) is 0 Å². The van der Waals surface area contributed by atoms with E-state index in [1.807, 2.05) is 0 Å². The summed E-state index contributed by atoms with van der Waals surface area (Å²) >= 11 is 0. The molecule has 1 aliphatic rings. The van der Waals surface area contributed by atoms with E-state index < -0.39 is 0 Å². The van der Waals surface area contributed by atoms with E-state index in [1.54, 1.807) is 0 Å². The van der Waals surface area contributed by atoms with E-state index >= 15 is 0 Å². The molecule has 17 heavy (non-hydrogen) atoms. The Morgan fingerprint density at radius 1 is 1.24 bits per heavy atom. The summed E-state index contributed by atoms with van der Waals surface area (Å²) in [4.78, 5) is 5.00. The lowest BCUT2D eigenvalue weighted by Gasteiger charge is -2.39. The summed E-state index contributed by atoms with van der Waals surface area (Å²) in [5.74, 6) is 0. The molecule has 1 N–H and O–H groups in total. The quantitative estimate of drug-likeness (QED) is 0.733. The number of hydrogen-bond acceptors (Lipinski definition) is 3.